The minimum atomic E-state index is -1.22. The maximum absolute atomic E-state index is 9.26. The van der Waals surface area contributed by atoms with Crippen molar-refractivity contribution in [3.8, 4) is 0 Å². The molecular formula is C5H9MgNO4. The zero-order chi connectivity index (χ0) is 8.57. The molecule has 11 heavy (non-hydrogen) atoms. The van der Waals surface area contributed by atoms with E-state index in [1.54, 1.807) is 0 Å². The Labute approximate surface area is 80.7 Å². The van der Waals surface area contributed by atoms with Gasteiger partial charge in [0.1, 0.15) is 0 Å². The van der Waals surface area contributed by atoms with Gasteiger partial charge in [0.05, 0.1) is 5.97 Å². The third-order valence-electron chi connectivity index (χ3n) is 0.455. The van der Waals surface area contributed by atoms with Crippen LogP contribution in [0.4, 0.5) is 0 Å². The Kier molecular flexibility index (Phi) is 19.0. The standard InChI is InChI=1S/C3H6O2.C2H5NO2.Mg/c1-2-3(4)5;3-1-2(4)5;/h2H2,1H3,(H,4,5);1,3H2,(H,4,5);/q;;+2/p-2. The van der Waals surface area contributed by atoms with Gasteiger partial charge in [-0.15, -0.1) is 0 Å². The number of nitrogens with two attached hydrogens (primary N) is 1. The molecule has 0 radical (unpaired) electrons. The van der Waals surface area contributed by atoms with Crippen molar-refractivity contribution < 1.29 is 19.8 Å². The molecular weight excluding hydrogens is 162 g/mol. The molecule has 0 spiro atoms. The molecule has 0 aliphatic carbocycles. The molecule has 0 fully saturated rings. The third kappa shape index (κ3) is 42.3. The first-order valence-electron chi connectivity index (χ1n) is 2.64. The molecule has 0 amide bonds. The Morgan fingerprint density at radius 1 is 1.27 bits per heavy atom. The quantitative estimate of drug-likeness (QED) is 0.433. The van der Waals surface area contributed by atoms with E-state index >= 15 is 0 Å². The fourth-order valence-corrected chi connectivity index (χ4v) is 0. The first-order valence-corrected chi connectivity index (χ1v) is 2.64. The SMILES string of the molecule is CCC(=O)[O-].NCC(=O)[O-].[Mg+2]. The number of carboxylic acids is 2. The number of rotatable bonds is 2. The average Bonchev–Trinajstić information content (AvgIpc) is 1.89. The van der Waals surface area contributed by atoms with Crippen molar-refractivity contribution in [3.05, 3.63) is 0 Å². The normalized spacial score (nSPS) is 6.73. The number of carbonyl (C=O) groups excluding carboxylic acids is 2. The Bertz CT molecular complexity index is 103. The second-order valence-electron chi connectivity index (χ2n) is 1.30. The van der Waals surface area contributed by atoms with E-state index in [1.807, 2.05) is 0 Å². The smallest absolute Gasteiger partial charge is 0.550 e. The van der Waals surface area contributed by atoms with Crippen LogP contribution in [-0.2, 0) is 9.59 Å². The number of hydrogen-bond acceptors (Lipinski definition) is 5. The fraction of sp³-hybridized carbons (Fsp3) is 0.600. The summed E-state index contributed by atoms with van der Waals surface area (Å²) in [6.45, 7) is 1.15. The van der Waals surface area contributed by atoms with E-state index in [1.165, 1.54) is 6.92 Å². The molecule has 0 aromatic carbocycles. The van der Waals surface area contributed by atoms with Crippen LogP contribution in [0.15, 0.2) is 0 Å². The van der Waals surface area contributed by atoms with E-state index < -0.39 is 11.9 Å². The number of hydrogen-bond donors (Lipinski definition) is 1. The predicted octanol–water partition coefficient (Wildman–Crippen LogP) is -3.54. The zero-order valence-electron chi connectivity index (χ0n) is 6.33. The van der Waals surface area contributed by atoms with Crippen molar-refractivity contribution in [1.82, 2.24) is 0 Å². The third-order valence-corrected chi connectivity index (χ3v) is 0.455. The van der Waals surface area contributed by atoms with Crippen molar-refractivity contribution in [1.29, 1.82) is 0 Å². The van der Waals surface area contributed by atoms with Gasteiger partial charge in [0.25, 0.3) is 0 Å². The molecule has 0 aliphatic heterocycles. The summed E-state index contributed by atoms with van der Waals surface area (Å²) in [4.78, 5) is 18.4. The van der Waals surface area contributed by atoms with Gasteiger partial charge in [0, 0.05) is 12.5 Å². The number of carboxylic acid groups (broad SMARTS) is 2. The van der Waals surface area contributed by atoms with E-state index in [4.69, 9.17) is 9.90 Å². The molecule has 0 saturated heterocycles. The van der Waals surface area contributed by atoms with Crippen LogP contribution < -0.4 is 15.9 Å². The van der Waals surface area contributed by atoms with Crippen LogP contribution in [-0.4, -0.2) is 41.5 Å². The van der Waals surface area contributed by atoms with Gasteiger partial charge in [-0.1, -0.05) is 6.92 Å². The van der Waals surface area contributed by atoms with Gasteiger partial charge in [-0.05, 0) is 6.42 Å². The molecule has 6 heteroatoms. The van der Waals surface area contributed by atoms with Crippen LogP contribution in [0.25, 0.3) is 0 Å². The summed E-state index contributed by atoms with van der Waals surface area (Å²) in [5.41, 5.74) is 4.51. The van der Waals surface area contributed by atoms with Crippen molar-refractivity contribution in [2.45, 2.75) is 13.3 Å². The van der Waals surface area contributed by atoms with E-state index in [0.29, 0.717) is 0 Å². The molecule has 5 nitrogen and oxygen atoms in total. The fourth-order valence-electron chi connectivity index (χ4n) is 0. The van der Waals surface area contributed by atoms with E-state index in [9.17, 15) is 9.90 Å². The monoisotopic (exact) mass is 171 g/mol. The summed E-state index contributed by atoms with van der Waals surface area (Å²) < 4.78 is 0. The van der Waals surface area contributed by atoms with Crippen LogP contribution in [0.2, 0.25) is 0 Å². The van der Waals surface area contributed by atoms with Gasteiger partial charge in [0.15, 0.2) is 0 Å². The zero-order valence-corrected chi connectivity index (χ0v) is 7.75. The molecule has 0 bridgehead atoms. The second-order valence-corrected chi connectivity index (χ2v) is 1.30. The van der Waals surface area contributed by atoms with Crippen molar-refractivity contribution in [3.63, 3.8) is 0 Å². The van der Waals surface area contributed by atoms with Gasteiger partial charge < -0.3 is 25.5 Å². The summed E-state index contributed by atoms with van der Waals surface area (Å²) in [6, 6.07) is 0. The number of aliphatic carboxylic acids is 2. The molecule has 0 unspecified atom stereocenters. The molecule has 0 atom stereocenters. The van der Waals surface area contributed by atoms with Crippen molar-refractivity contribution in [2.24, 2.45) is 5.73 Å². The van der Waals surface area contributed by atoms with E-state index in [-0.39, 0.29) is 36.0 Å². The molecule has 0 saturated carbocycles. The maximum Gasteiger partial charge on any atom is 2.00 e. The first-order chi connectivity index (χ1) is 4.54. The van der Waals surface area contributed by atoms with Crippen molar-refractivity contribution >= 4 is 35.0 Å². The molecule has 60 valence electrons. The molecule has 0 rings (SSSR count). The minimum absolute atomic E-state index is 0. The van der Waals surface area contributed by atoms with Gasteiger partial charge >= 0.3 is 23.1 Å². The number of carbonyl (C=O) groups is 2. The summed E-state index contributed by atoms with van der Waals surface area (Å²) in [6.07, 6.45) is 0.111. The summed E-state index contributed by atoms with van der Waals surface area (Å²) in [5, 5.41) is 18.4. The maximum atomic E-state index is 9.26. The van der Waals surface area contributed by atoms with E-state index in [0.717, 1.165) is 0 Å². The average molecular weight is 171 g/mol. The van der Waals surface area contributed by atoms with Gasteiger partial charge in [0.2, 0.25) is 0 Å². The molecule has 2 N–H and O–H groups in total. The van der Waals surface area contributed by atoms with Gasteiger partial charge in [-0.25, -0.2) is 0 Å². The van der Waals surface area contributed by atoms with Crippen LogP contribution in [0.5, 0.6) is 0 Å². The topological polar surface area (TPSA) is 106 Å². The molecule has 0 aromatic rings. The Hall–Kier alpha value is -0.334. The van der Waals surface area contributed by atoms with E-state index in [2.05, 4.69) is 5.73 Å². The summed E-state index contributed by atoms with van der Waals surface area (Å²) in [7, 11) is 0. The van der Waals surface area contributed by atoms with Crippen LogP contribution in [0, 0.1) is 0 Å². The van der Waals surface area contributed by atoms with Gasteiger partial charge in [-0.3, -0.25) is 0 Å². The molecule has 0 aliphatic rings. The Morgan fingerprint density at radius 2 is 1.45 bits per heavy atom. The summed E-state index contributed by atoms with van der Waals surface area (Å²) >= 11 is 0. The van der Waals surface area contributed by atoms with Crippen LogP contribution >= 0.6 is 0 Å². The van der Waals surface area contributed by atoms with Crippen LogP contribution in [0.3, 0.4) is 0 Å². The minimum Gasteiger partial charge on any atom is -0.550 e. The molecule has 0 heterocycles. The van der Waals surface area contributed by atoms with Gasteiger partial charge in [-0.2, -0.15) is 0 Å². The Balaban J connectivity index is -0.000000107. The van der Waals surface area contributed by atoms with Crippen LogP contribution in [0.1, 0.15) is 13.3 Å². The Morgan fingerprint density at radius 3 is 1.45 bits per heavy atom. The largest absolute Gasteiger partial charge is 2.00 e. The second kappa shape index (κ2) is 12.4. The molecule has 0 aromatic heterocycles. The first kappa shape index (κ1) is 17.0. The predicted molar refractivity (Wildman–Crippen MR) is 35.1 cm³/mol. The summed E-state index contributed by atoms with van der Waals surface area (Å²) in [5.74, 6) is -2.21. The van der Waals surface area contributed by atoms with Crippen molar-refractivity contribution in [2.75, 3.05) is 6.54 Å².